The second kappa shape index (κ2) is 6.94. The van der Waals surface area contributed by atoms with Gasteiger partial charge in [-0.25, -0.2) is 22.2 Å². The van der Waals surface area contributed by atoms with Crippen LogP contribution in [0, 0.1) is 5.82 Å². The molecule has 0 fully saturated rings. The van der Waals surface area contributed by atoms with Gasteiger partial charge in [0, 0.05) is 18.9 Å². The van der Waals surface area contributed by atoms with E-state index in [9.17, 15) is 12.8 Å². The van der Waals surface area contributed by atoms with Gasteiger partial charge in [0.05, 0.1) is 10.6 Å². The lowest BCUT2D eigenvalue weighted by Crippen LogP contribution is -2.26. The van der Waals surface area contributed by atoms with Crippen LogP contribution in [0.3, 0.4) is 0 Å². The predicted molar refractivity (Wildman–Crippen MR) is 88.9 cm³/mol. The Hall–Kier alpha value is -2.51. The Morgan fingerprint density at radius 1 is 1.04 bits per heavy atom. The minimum absolute atomic E-state index is 0.0536. The summed E-state index contributed by atoms with van der Waals surface area (Å²) in [5.74, 6) is -0.466. The molecule has 24 heavy (non-hydrogen) atoms. The maximum Gasteiger partial charge on any atom is 0.240 e. The molecule has 0 saturated carbocycles. The van der Waals surface area contributed by atoms with Crippen LogP contribution in [0.25, 0.3) is 5.69 Å². The minimum atomic E-state index is -3.62. The highest BCUT2D eigenvalue weighted by Crippen LogP contribution is 2.11. The van der Waals surface area contributed by atoms with E-state index in [1.54, 1.807) is 10.9 Å². The summed E-state index contributed by atoms with van der Waals surface area (Å²) in [5.41, 5.74) is 1.95. The Balaban J connectivity index is 1.59. The summed E-state index contributed by atoms with van der Waals surface area (Å²) in [4.78, 5) is 0.0536. The first-order chi connectivity index (χ1) is 11.5. The van der Waals surface area contributed by atoms with Crippen molar-refractivity contribution in [3.63, 3.8) is 0 Å². The Morgan fingerprint density at radius 3 is 2.38 bits per heavy atom. The van der Waals surface area contributed by atoms with Crippen LogP contribution in [0.5, 0.6) is 0 Å². The van der Waals surface area contributed by atoms with E-state index in [1.165, 1.54) is 12.1 Å². The zero-order valence-electron chi connectivity index (χ0n) is 12.8. The predicted octanol–water partition coefficient (Wildman–Crippen LogP) is 2.53. The molecule has 0 amide bonds. The Bertz CT molecular complexity index is 890. The maximum absolute atomic E-state index is 12.9. The largest absolute Gasteiger partial charge is 0.241 e. The van der Waals surface area contributed by atoms with Gasteiger partial charge in [0.25, 0.3) is 0 Å². The number of rotatable bonds is 6. The average molecular weight is 345 g/mol. The lowest BCUT2D eigenvalue weighted by Gasteiger charge is -2.07. The molecule has 0 aliphatic carbocycles. The maximum atomic E-state index is 12.9. The van der Waals surface area contributed by atoms with Gasteiger partial charge in [0.1, 0.15) is 5.82 Å². The third-order valence-electron chi connectivity index (χ3n) is 3.53. The molecule has 0 atom stereocenters. The molecule has 1 aromatic heterocycles. The number of sulfonamides is 1. The van der Waals surface area contributed by atoms with Crippen LogP contribution in [0.2, 0.25) is 0 Å². The van der Waals surface area contributed by atoms with Crippen LogP contribution in [0.1, 0.15) is 5.56 Å². The van der Waals surface area contributed by atoms with Crippen molar-refractivity contribution in [1.29, 1.82) is 0 Å². The van der Waals surface area contributed by atoms with Gasteiger partial charge in [0.15, 0.2) is 0 Å². The van der Waals surface area contributed by atoms with E-state index in [2.05, 4.69) is 9.82 Å². The fraction of sp³-hybridized carbons (Fsp3) is 0.118. The lowest BCUT2D eigenvalue weighted by molar-refractivity contribution is 0.580. The summed E-state index contributed by atoms with van der Waals surface area (Å²) < 4.78 is 41.3. The molecule has 1 N–H and O–H groups in total. The standard InChI is InChI=1S/C17H16FN3O2S/c18-15-4-8-17(9-5-15)24(22,23)20-12-10-14-2-6-16(7-3-14)21-13-1-11-19-21/h1-9,11,13,20H,10,12H2. The fourth-order valence-corrected chi connectivity index (χ4v) is 3.30. The van der Waals surface area contributed by atoms with E-state index in [0.717, 1.165) is 23.4 Å². The van der Waals surface area contributed by atoms with Crippen molar-refractivity contribution in [1.82, 2.24) is 14.5 Å². The van der Waals surface area contributed by atoms with Crippen LogP contribution < -0.4 is 4.72 Å². The van der Waals surface area contributed by atoms with Gasteiger partial charge in [-0.3, -0.25) is 0 Å². The molecule has 0 unspecified atom stereocenters. The average Bonchev–Trinajstić information content (AvgIpc) is 3.10. The first kappa shape index (κ1) is 16.4. The summed E-state index contributed by atoms with van der Waals surface area (Å²) in [5, 5.41) is 4.15. The number of benzene rings is 2. The van der Waals surface area contributed by atoms with Crippen molar-refractivity contribution in [3.05, 3.63) is 78.4 Å². The van der Waals surface area contributed by atoms with Gasteiger partial charge >= 0.3 is 0 Å². The second-order valence-electron chi connectivity index (χ2n) is 5.22. The monoisotopic (exact) mass is 345 g/mol. The Kier molecular flexibility index (Phi) is 4.73. The molecule has 5 nitrogen and oxygen atoms in total. The SMILES string of the molecule is O=S(=O)(NCCc1ccc(-n2cccn2)cc1)c1ccc(F)cc1. The van der Waals surface area contributed by atoms with E-state index in [1.807, 2.05) is 36.5 Å². The highest BCUT2D eigenvalue weighted by molar-refractivity contribution is 7.89. The Morgan fingerprint density at radius 2 is 1.75 bits per heavy atom. The second-order valence-corrected chi connectivity index (χ2v) is 6.99. The smallest absolute Gasteiger partial charge is 0.240 e. The van der Waals surface area contributed by atoms with E-state index < -0.39 is 15.8 Å². The molecule has 3 aromatic rings. The number of nitrogens with one attached hydrogen (secondary N) is 1. The van der Waals surface area contributed by atoms with Crippen molar-refractivity contribution < 1.29 is 12.8 Å². The highest BCUT2D eigenvalue weighted by atomic mass is 32.2. The van der Waals surface area contributed by atoms with E-state index in [-0.39, 0.29) is 11.4 Å². The summed E-state index contributed by atoms with van der Waals surface area (Å²) in [7, 11) is -3.62. The quantitative estimate of drug-likeness (QED) is 0.747. The summed E-state index contributed by atoms with van der Waals surface area (Å²) >= 11 is 0. The van der Waals surface area contributed by atoms with Crippen LogP contribution >= 0.6 is 0 Å². The van der Waals surface area contributed by atoms with E-state index in [4.69, 9.17) is 0 Å². The zero-order chi connectivity index (χ0) is 17.0. The lowest BCUT2D eigenvalue weighted by atomic mass is 10.1. The van der Waals surface area contributed by atoms with Gasteiger partial charge in [-0.05, 0) is 54.4 Å². The van der Waals surface area contributed by atoms with Crippen LogP contribution in [-0.2, 0) is 16.4 Å². The third kappa shape index (κ3) is 3.87. The first-order valence-corrected chi connectivity index (χ1v) is 8.87. The fourth-order valence-electron chi connectivity index (χ4n) is 2.26. The van der Waals surface area contributed by atoms with Gasteiger partial charge in [0.2, 0.25) is 10.0 Å². The molecule has 0 radical (unpaired) electrons. The Labute approximate surface area is 139 Å². The highest BCUT2D eigenvalue weighted by Gasteiger charge is 2.13. The van der Waals surface area contributed by atoms with Gasteiger partial charge in [-0.15, -0.1) is 0 Å². The number of hydrogen-bond donors (Lipinski definition) is 1. The first-order valence-electron chi connectivity index (χ1n) is 7.39. The van der Waals surface area contributed by atoms with Crippen molar-refractivity contribution in [2.24, 2.45) is 0 Å². The molecule has 0 aliphatic heterocycles. The molecule has 3 rings (SSSR count). The van der Waals surface area contributed by atoms with Crippen LogP contribution in [-0.4, -0.2) is 24.7 Å². The number of nitrogens with zero attached hydrogens (tertiary/aromatic N) is 2. The molecule has 0 bridgehead atoms. The van der Waals surface area contributed by atoms with Crippen molar-refractivity contribution in [3.8, 4) is 5.69 Å². The minimum Gasteiger partial charge on any atom is -0.241 e. The van der Waals surface area contributed by atoms with Crippen molar-refractivity contribution in [2.75, 3.05) is 6.54 Å². The molecule has 0 spiro atoms. The molecule has 1 heterocycles. The van der Waals surface area contributed by atoms with Gasteiger partial charge < -0.3 is 0 Å². The van der Waals surface area contributed by atoms with Crippen LogP contribution in [0.4, 0.5) is 4.39 Å². The third-order valence-corrected chi connectivity index (χ3v) is 5.01. The molecule has 7 heteroatoms. The molecule has 124 valence electrons. The summed E-state index contributed by atoms with van der Waals surface area (Å²) in [6.45, 7) is 0.265. The zero-order valence-corrected chi connectivity index (χ0v) is 13.6. The number of hydrogen-bond acceptors (Lipinski definition) is 3. The summed E-state index contributed by atoms with van der Waals surface area (Å²) in [6.07, 6.45) is 4.11. The van der Waals surface area contributed by atoms with Gasteiger partial charge in [-0.1, -0.05) is 12.1 Å². The van der Waals surface area contributed by atoms with Crippen LogP contribution in [0.15, 0.2) is 71.9 Å². The van der Waals surface area contributed by atoms with E-state index >= 15 is 0 Å². The molecular weight excluding hydrogens is 329 g/mol. The molecule has 0 aliphatic rings. The number of aromatic nitrogens is 2. The van der Waals surface area contributed by atoms with Crippen molar-refractivity contribution in [2.45, 2.75) is 11.3 Å². The number of halogens is 1. The molecule has 2 aromatic carbocycles. The topological polar surface area (TPSA) is 64.0 Å². The summed E-state index contributed by atoms with van der Waals surface area (Å²) in [6, 6.07) is 14.3. The molecule has 0 saturated heterocycles. The van der Waals surface area contributed by atoms with Gasteiger partial charge in [-0.2, -0.15) is 5.10 Å². The van der Waals surface area contributed by atoms with Crippen molar-refractivity contribution >= 4 is 10.0 Å². The normalized spacial score (nSPS) is 11.5. The van der Waals surface area contributed by atoms with E-state index in [0.29, 0.717) is 6.42 Å². The molecular formula is C17H16FN3O2S.